The number of aromatic hydroxyl groups is 1. The normalized spacial score (nSPS) is 29.5. The van der Waals surface area contributed by atoms with Crippen molar-refractivity contribution >= 4 is 40.9 Å². The van der Waals surface area contributed by atoms with Gasteiger partial charge in [-0.05, 0) is 84.5 Å². The third-order valence-electron chi connectivity index (χ3n) is 10.2. The average molecular weight is 640 g/mol. The van der Waals surface area contributed by atoms with E-state index >= 15 is 4.79 Å². The summed E-state index contributed by atoms with van der Waals surface area (Å²) in [5.74, 6) is -5.08. The van der Waals surface area contributed by atoms with Gasteiger partial charge in [0.25, 0.3) is 11.8 Å². The molecule has 11 heteroatoms. The second-order valence-corrected chi connectivity index (χ2v) is 12.9. The van der Waals surface area contributed by atoms with E-state index in [0.717, 1.165) is 10.6 Å². The molecule has 3 aliphatic heterocycles. The molecule has 1 saturated carbocycles. The number of carbonyl (C=O) groups excluding carboxylic acids is 4. The van der Waals surface area contributed by atoms with E-state index in [1.807, 2.05) is 6.08 Å². The largest absolute Gasteiger partial charge is 0.508 e. The number of hydrogen-bond acceptors (Lipinski definition) is 7. The van der Waals surface area contributed by atoms with E-state index in [-0.39, 0.29) is 24.0 Å². The van der Waals surface area contributed by atoms with Crippen LogP contribution in [0.2, 0.25) is 5.02 Å². The number of hydrazine groups is 1. The fraction of sp³-hybridized carbons (Fsp3) is 0.257. The van der Waals surface area contributed by atoms with E-state index in [2.05, 4.69) is 10.7 Å². The molecule has 9 nitrogen and oxygen atoms in total. The topological polar surface area (TPSA) is 125 Å². The van der Waals surface area contributed by atoms with Gasteiger partial charge in [-0.3, -0.25) is 29.9 Å². The highest BCUT2D eigenvalue weighted by atomic mass is 35.5. The Bertz CT molecular complexity index is 1910. The molecular weight excluding hydrogens is 613 g/mol. The molecule has 3 N–H and O–H groups in total. The van der Waals surface area contributed by atoms with Gasteiger partial charge < -0.3 is 9.84 Å². The van der Waals surface area contributed by atoms with Gasteiger partial charge in [-0.1, -0.05) is 35.4 Å². The number of hydrogen-bond donors (Lipinski definition) is 3. The van der Waals surface area contributed by atoms with Crippen molar-refractivity contribution < 1.29 is 33.4 Å². The molecule has 2 saturated heterocycles. The molecule has 3 fully saturated rings. The number of nitrogens with zero attached hydrogens (tertiary/aromatic N) is 1. The van der Waals surface area contributed by atoms with Crippen molar-refractivity contribution in [2.24, 2.45) is 29.6 Å². The molecule has 3 heterocycles. The van der Waals surface area contributed by atoms with Crippen molar-refractivity contribution in [3.05, 3.63) is 112 Å². The highest BCUT2D eigenvalue weighted by molar-refractivity contribution is 6.30. The Morgan fingerprint density at radius 3 is 2.50 bits per heavy atom. The van der Waals surface area contributed by atoms with Crippen molar-refractivity contribution in [2.75, 3.05) is 5.43 Å². The first-order valence-electron chi connectivity index (χ1n) is 15.1. The predicted octanol–water partition coefficient (Wildman–Crippen LogP) is 4.81. The maximum atomic E-state index is 15.1. The van der Waals surface area contributed by atoms with Crippen LogP contribution < -0.4 is 15.5 Å². The molecule has 232 valence electrons. The van der Waals surface area contributed by atoms with Crippen molar-refractivity contribution in [2.45, 2.75) is 24.7 Å². The Balaban J connectivity index is 1.34. The predicted molar refractivity (Wildman–Crippen MR) is 163 cm³/mol. The molecule has 0 radical (unpaired) electrons. The molecule has 46 heavy (non-hydrogen) atoms. The monoisotopic (exact) mass is 639 g/mol. The molecule has 0 unspecified atom stereocenters. The second kappa shape index (κ2) is 10.3. The maximum Gasteiger partial charge on any atom is 0.260 e. The van der Waals surface area contributed by atoms with Crippen LogP contribution in [0, 0.1) is 35.4 Å². The average Bonchev–Trinajstić information content (AvgIpc) is 3.45. The Hall–Kier alpha value is -4.96. The number of rotatable bonds is 4. The standard InChI is InChI=1S/C35H27ClFN3O6/c36-20-3-1-19(2-4-20)35-27(33(44)40(34(35)45)39-22-7-5-21(37)6-8-22)15-26-24(10-11-25-29(26)32(43)38-31(25)42)30(35)18-13-17-14-23(41)9-12-28(17)46-16-18/h1-10,12,14,16,25-27,29-30,39,41H,11,13,15H2,(H,38,42,43)/t25-,26+,27-,29-,30-,35+/m0/s1. The van der Waals surface area contributed by atoms with Gasteiger partial charge in [0.1, 0.15) is 17.3 Å². The lowest BCUT2D eigenvalue weighted by molar-refractivity contribution is -0.139. The molecule has 0 spiro atoms. The van der Waals surface area contributed by atoms with Gasteiger partial charge in [0, 0.05) is 22.9 Å². The molecular formula is C35H27ClFN3O6. The van der Waals surface area contributed by atoms with Crippen LogP contribution in [0.3, 0.4) is 0 Å². The van der Waals surface area contributed by atoms with E-state index < -0.39 is 52.6 Å². The van der Waals surface area contributed by atoms with E-state index in [9.17, 15) is 23.9 Å². The fourth-order valence-corrected chi connectivity index (χ4v) is 8.51. The number of anilines is 1. The van der Waals surface area contributed by atoms with Crippen molar-refractivity contribution in [3.8, 4) is 11.5 Å². The minimum atomic E-state index is -1.49. The quantitative estimate of drug-likeness (QED) is 0.276. The zero-order chi connectivity index (χ0) is 31.9. The lowest BCUT2D eigenvalue weighted by Crippen LogP contribution is -2.55. The van der Waals surface area contributed by atoms with Crippen LogP contribution >= 0.6 is 11.6 Å². The summed E-state index contributed by atoms with van der Waals surface area (Å²) in [5, 5.41) is 14.2. The second-order valence-electron chi connectivity index (χ2n) is 12.5. The number of allylic oxidation sites excluding steroid dienone is 3. The number of amides is 4. The molecule has 0 aromatic heterocycles. The number of carbonyl (C=O) groups is 4. The van der Waals surface area contributed by atoms with Crippen molar-refractivity contribution in [3.63, 3.8) is 0 Å². The lowest BCUT2D eigenvalue weighted by atomic mass is 9.48. The molecule has 4 amide bonds. The number of benzene rings is 3. The molecule has 6 atom stereocenters. The highest BCUT2D eigenvalue weighted by Crippen LogP contribution is 2.63. The van der Waals surface area contributed by atoms with Gasteiger partial charge in [0.05, 0.1) is 35.1 Å². The van der Waals surface area contributed by atoms with E-state index in [0.29, 0.717) is 46.0 Å². The first kappa shape index (κ1) is 28.5. The van der Waals surface area contributed by atoms with Crippen LogP contribution in [-0.4, -0.2) is 33.7 Å². The van der Waals surface area contributed by atoms with Crippen LogP contribution in [-0.2, 0) is 31.0 Å². The first-order chi connectivity index (χ1) is 22.2. The molecule has 8 rings (SSSR count). The Morgan fingerprint density at radius 1 is 0.978 bits per heavy atom. The molecule has 5 aliphatic rings. The summed E-state index contributed by atoms with van der Waals surface area (Å²) in [6, 6.07) is 17.0. The fourth-order valence-electron chi connectivity index (χ4n) is 8.38. The summed E-state index contributed by atoms with van der Waals surface area (Å²) in [6.07, 6.45) is 4.30. The van der Waals surface area contributed by atoms with Gasteiger partial charge in [0.2, 0.25) is 11.8 Å². The van der Waals surface area contributed by atoms with Gasteiger partial charge in [-0.25, -0.2) is 4.39 Å². The Kier molecular flexibility index (Phi) is 6.37. The van der Waals surface area contributed by atoms with E-state index in [1.165, 1.54) is 30.3 Å². The smallest absolute Gasteiger partial charge is 0.260 e. The minimum absolute atomic E-state index is 0.0538. The SMILES string of the molecule is O=C1NC(=O)[C@H]2CC=C3[C@H](C4=COc5ccc(O)cc5C4)[C@]4(c5ccc(Cl)cc5)C(=O)N(Nc5ccc(F)cc5)C(=O)[C@@H]4C[C@H]3[C@@H]12. The number of nitrogens with one attached hydrogen (secondary N) is 2. The van der Waals surface area contributed by atoms with E-state index in [4.69, 9.17) is 16.3 Å². The van der Waals surface area contributed by atoms with Gasteiger partial charge in [0.15, 0.2) is 0 Å². The summed E-state index contributed by atoms with van der Waals surface area (Å²) in [4.78, 5) is 55.7. The third kappa shape index (κ3) is 4.05. The van der Waals surface area contributed by atoms with Crippen LogP contribution in [0.5, 0.6) is 11.5 Å². The van der Waals surface area contributed by atoms with Gasteiger partial charge >= 0.3 is 0 Å². The summed E-state index contributed by atoms with van der Waals surface area (Å²) >= 11 is 6.31. The van der Waals surface area contributed by atoms with Gasteiger partial charge in [-0.15, -0.1) is 0 Å². The molecule has 3 aromatic rings. The number of phenols is 1. The van der Waals surface area contributed by atoms with Crippen molar-refractivity contribution in [1.82, 2.24) is 10.3 Å². The third-order valence-corrected chi connectivity index (χ3v) is 10.5. The summed E-state index contributed by atoms with van der Waals surface area (Å²) < 4.78 is 19.8. The van der Waals surface area contributed by atoms with Crippen LogP contribution in [0.25, 0.3) is 0 Å². The maximum absolute atomic E-state index is 15.1. The Morgan fingerprint density at radius 2 is 1.74 bits per heavy atom. The van der Waals surface area contributed by atoms with Gasteiger partial charge in [-0.2, -0.15) is 5.01 Å². The zero-order valence-corrected chi connectivity index (χ0v) is 25.0. The van der Waals surface area contributed by atoms with Crippen LogP contribution in [0.1, 0.15) is 24.0 Å². The van der Waals surface area contributed by atoms with Crippen molar-refractivity contribution in [1.29, 1.82) is 0 Å². The van der Waals surface area contributed by atoms with E-state index in [1.54, 1.807) is 42.7 Å². The Labute approximate surface area is 267 Å². The van der Waals surface area contributed by atoms with Crippen LogP contribution in [0.4, 0.5) is 10.1 Å². The summed E-state index contributed by atoms with van der Waals surface area (Å²) in [5.41, 5.74) is 4.50. The summed E-state index contributed by atoms with van der Waals surface area (Å²) in [7, 11) is 0. The molecule has 0 bridgehead atoms. The highest BCUT2D eigenvalue weighted by Gasteiger charge is 2.70. The number of imide groups is 2. The number of phenolic OH excluding ortho intramolecular Hbond substituents is 1. The molecule has 3 aromatic carbocycles. The summed E-state index contributed by atoms with van der Waals surface area (Å²) in [6.45, 7) is 0. The lowest BCUT2D eigenvalue weighted by Gasteiger charge is -2.51. The molecule has 2 aliphatic carbocycles. The zero-order valence-electron chi connectivity index (χ0n) is 24.2. The van der Waals surface area contributed by atoms with Crippen LogP contribution in [0.15, 0.2) is 90.2 Å². The first-order valence-corrected chi connectivity index (χ1v) is 15.4. The minimum Gasteiger partial charge on any atom is -0.508 e. The number of halogens is 2. The number of fused-ring (bicyclic) bond motifs is 5. The number of ether oxygens (including phenoxy) is 1.